The maximum Gasteiger partial charge on any atom is 0.252 e. The van der Waals surface area contributed by atoms with Crippen LogP contribution in [-0.4, -0.2) is 33.3 Å². The van der Waals surface area contributed by atoms with Gasteiger partial charge in [0.15, 0.2) is 4.77 Å². The molecule has 1 aromatic carbocycles. The number of aromatic amines is 1. The van der Waals surface area contributed by atoms with Crippen molar-refractivity contribution in [2.75, 3.05) is 7.05 Å². The first-order chi connectivity index (χ1) is 8.99. The van der Waals surface area contributed by atoms with Gasteiger partial charge < -0.3 is 9.55 Å². The van der Waals surface area contributed by atoms with Gasteiger partial charge in [-0.05, 0) is 30.4 Å². The van der Waals surface area contributed by atoms with Gasteiger partial charge >= 0.3 is 0 Å². The van der Waals surface area contributed by atoms with Crippen LogP contribution >= 0.6 is 12.2 Å². The minimum Gasteiger partial charge on any atom is -0.331 e. The van der Waals surface area contributed by atoms with Crippen LogP contribution in [-0.2, 0) is 9.59 Å². The molecule has 0 radical (unpaired) electrons. The number of nitrogens with one attached hydrogen (secondary N) is 1. The molecule has 1 N–H and O–H groups in total. The number of likely N-dealkylation sites (N-methyl/N-ethyl adjacent to an activating group) is 1. The lowest BCUT2D eigenvalue weighted by Crippen LogP contribution is -2.26. The second kappa shape index (κ2) is 3.99. The van der Waals surface area contributed by atoms with E-state index < -0.39 is 11.9 Å². The van der Waals surface area contributed by atoms with Gasteiger partial charge in [-0.25, -0.2) is 4.39 Å². The number of benzene rings is 1. The Balaban J connectivity index is 2.23. The van der Waals surface area contributed by atoms with Crippen molar-refractivity contribution in [3.8, 4) is 0 Å². The third kappa shape index (κ3) is 1.69. The summed E-state index contributed by atoms with van der Waals surface area (Å²) in [6.07, 6.45) is 0.0487. The zero-order valence-corrected chi connectivity index (χ0v) is 10.8. The maximum atomic E-state index is 13.3. The van der Waals surface area contributed by atoms with Gasteiger partial charge in [0.1, 0.15) is 11.9 Å². The largest absolute Gasteiger partial charge is 0.331 e. The molecule has 2 heterocycles. The summed E-state index contributed by atoms with van der Waals surface area (Å²) in [5.74, 6) is -1.01. The average molecular weight is 279 g/mol. The molecule has 1 aliphatic heterocycles. The van der Waals surface area contributed by atoms with Gasteiger partial charge in [-0.3, -0.25) is 14.5 Å². The number of rotatable bonds is 1. The highest BCUT2D eigenvalue weighted by molar-refractivity contribution is 7.71. The quantitative estimate of drug-likeness (QED) is 0.639. The molecular formula is C12H10FN3O2S. The highest BCUT2D eigenvalue weighted by Gasteiger charge is 2.38. The van der Waals surface area contributed by atoms with E-state index in [1.807, 2.05) is 0 Å². The van der Waals surface area contributed by atoms with Crippen LogP contribution in [0.1, 0.15) is 12.5 Å². The molecule has 5 nitrogen and oxygen atoms in total. The average Bonchev–Trinajstić information content (AvgIpc) is 2.80. The molecule has 1 aliphatic rings. The number of imide groups is 1. The van der Waals surface area contributed by atoms with Crippen molar-refractivity contribution < 1.29 is 14.0 Å². The zero-order chi connectivity index (χ0) is 13.7. The first-order valence-electron chi connectivity index (χ1n) is 5.69. The van der Waals surface area contributed by atoms with E-state index in [4.69, 9.17) is 12.2 Å². The number of carbonyl (C=O) groups is 2. The first-order valence-corrected chi connectivity index (χ1v) is 6.10. The highest BCUT2D eigenvalue weighted by Crippen LogP contribution is 2.28. The molecule has 1 fully saturated rings. The van der Waals surface area contributed by atoms with E-state index in [2.05, 4.69) is 4.98 Å². The van der Waals surface area contributed by atoms with Gasteiger partial charge in [0.2, 0.25) is 5.91 Å². The number of hydrogen-bond acceptors (Lipinski definition) is 3. The van der Waals surface area contributed by atoms with Crippen LogP contribution in [0, 0.1) is 10.6 Å². The number of likely N-dealkylation sites (tertiary alicyclic amines) is 1. The molecule has 1 unspecified atom stereocenters. The Morgan fingerprint density at radius 2 is 2.16 bits per heavy atom. The topological polar surface area (TPSA) is 58.1 Å². The number of amides is 2. The van der Waals surface area contributed by atoms with Crippen molar-refractivity contribution in [2.45, 2.75) is 12.5 Å². The summed E-state index contributed by atoms with van der Waals surface area (Å²) in [7, 11) is 1.43. The fraction of sp³-hybridized carbons (Fsp3) is 0.250. The predicted molar refractivity (Wildman–Crippen MR) is 68.5 cm³/mol. The molecule has 3 rings (SSSR count). The lowest BCUT2D eigenvalue weighted by molar-refractivity contribution is -0.137. The molecule has 1 aromatic heterocycles. The molecule has 1 atom stereocenters. The van der Waals surface area contributed by atoms with E-state index in [9.17, 15) is 14.0 Å². The Kier molecular flexibility index (Phi) is 2.53. The summed E-state index contributed by atoms with van der Waals surface area (Å²) < 4.78 is 15.2. The van der Waals surface area contributed by atoms with Gasteiger partial charge in [-0.2, -0.15) is 0 Å². The number of H-pyrrole nitrogens is 1. The SMILES string of the molecule is CN1C(=O)CC(n2c(=S)[nH]c3ccc(F)cc32)C1=O. The van der Waals surface area contributed by atoms with E-state index >= 15 is 0 Å². The van der Waals surface area contributed by atoms with Crippen molar-refractivity contribution in [1.29, 1.82) is 0 Å². The van der Waals surface area contributed by atoms with Gasteiger partial charge in [-0.15, -0.1) is 0 Å². The van der Waals surface area contributed by atoms with Crippen LogP contribution in [0.2, 0.25) is 0 Å². The van der Waals surface area contributed by atoms with Gasteiger partial charge in [0.05, 0.1) is 17.5 Å². The Morgan fingerprint density at radius 1 is 1.42 bits per heavy atom. The number of aromatic nitrogens is 2. The smallest absolute Gasteiger partial charge is 0.252 e. The normalized spacial score (nSPS) is 19.7. The first kappa shape index (κ1) is 12.0. The fourth-order valence-corrected chi connectivity index (χ4v) is 2.68. The number of imidazole rings is 1. The molecule has 19 heavy (non-hydrogen) atoms. The summed E-state index contributed by atoms with van der Waals surface area (Å²) in [5.41, 5.74) is 1.13. The molecule has 0 saturated carbocycles. The lowest BCUT2D eigenvalue weighted by atomic mass is 10.2. The molecule has 2 aromatic rings. The van der Waals surface area contributed by atoms with Crippen LogP contribution in [0.5, 0.6) is 0 Å². The summed E-state index contributed by atoms with van der Waals surface area (Å²) in [4.78, 5) is 27.6. The zero-order valence-electron chi connectivity index (χ0n) is 10.0. The highest BCUT2D eigenvalue weighted by atomic mass is 32.1. The van der Waals surface area contributed by atoms with Crippen LogP contribution < -0.4 is 0 Å². The van der Waals surface area contributed by atoms with E-state index in [1.165, 1.54) is 23.7 Å². The second-order valence-corrected chi connectivity index (χ2v) is 4.86. The standard InChI is InChI=1S/C12H10FN3O2S/c1-15-10(17)5-9(11(15)18)16-8-4-6(13)2-3-7(8)14-12(16)19/h2-4,9H,5H2,1H3,(H,14,19). The predicted octanol–water partition coefficient (Wildman–Crippen LogP) is 1.77. The summed E-state index contributed by atoms with van der Waals surface area (Å²) >= 11 is 5.17. The summed E-state index contributed by atoms with van der Waals surface area (Å²) in [5, 5.41) is 0. The molecule has 1 saturated heterocycles. The van der Waals surface area contributed by atoms with E-state index in [0.717, 1.165) is 4.90 Å². The van der Waals surface area contributed by atoms with Crippen LogP contribution in [0.15, 0.2) is 18.2 Å². The number of nitrogens with zero attached hydrogens (tertiary/aromatic N) is 2. The van der Waals surface area contributed by atoms with Crippen molar-refractivity contribution in [3.05, 3.63) is 28.8 Å². The summed E-state index contributed by atoms with van der Waals surface area (Å²) in [6.45, 7) is 0. The third-order valence-electron chi connectivity index (χ3n) is 3.35. The van der Waals surface area contributed by atoms with Crippen LogP contribution in [0.25, 0.3) is 11.0 Å². The van der Waals surface area contributed by atoms with Crippen LogP contribution in [0.3, 0.4) is 0 Å². The molecule has 7 heteroatoms. The molecule has 0 bridgehead atoms. The third-order valence-corrected chi connectivity index (χ3v) is 3.65. The van der Waals surface area contributed by atoms with Gasteiger partial charge in [0, 0.05) is 7.05 Å². The van der Waals surface area contributed by atoms with Crippen LogP contribution in [0.4, 0.5) is 4.39 Å². The number of halogens is 1. The van der Waals surface area contributed by atoms with E-state index in [1.54, 1.807) is 6.07 Å². The number of hydrogen-bond donors (Lipinski definition) is 1. The van der Waals surface area contributed by atoms with Crippen molar-refractivity contribution in [2.24, 2.45) is 0 Å². The maximum absolute atomic E-state index is 13.3. The van der Waals surface area contributed by atoms with Gasteiger partial charge in [-0.1, -0.05) is 0 Å². The number of fused-ring (bicyclic) bond motifs is 1. The van der Waals surface area contributed by atoms with Crippen molar-refractivity contribution in [3.63, 3.8) is 0 Å². The van der Waals surface area contributed by atoms with Crippen molar-refractivity contribution in [1.82, 2.24) is 14.5 Å². The van der Waals surface area contributed by atoms with Crippen molar-refractivity contribution >= 4 is 35.1 Å². The second-order valence-electron chi connectivity index (χ2n) is 4.47. The Bertz CT molecular complexity index is 764. The van der Waals surface area contributed by atoms with Gasteiger partial charge in [0.25, 0.3) is 5.91 Å². The fourth-order valence-electron chi connectivity index (χ4n) is 2.34. The summed E-state index contributed by atoms with van der Waals surface area (Å²) in [6, 6.07) is 3.48. The Morgan fingerprint density at radius 3 is 2.79 bits per heavy atom. The lowest BCUT2D eigenvalue weighted by Gasteiger charge is -2.11. The molecule has 2 amide bonds. The molecule has 0 spiro atoms. The molecule has 98 valence electrons. The van der Waals surface area contributed by atoms with E-state index in [0.29, 0.717) is 15.8 Å². The monoisotopic (exact) mass is 279 g/mol. The van der Waals surface area contributed by atoms with E-state index in [-0.39, 0.29) is 18.2 Å². The number of carbonyl (C=O) groups excluding carboxylic acids is 2. The molecule has 0 aliphatic carbocycles. The Hall–Kier alpha value is -2.02. The minimum atomic E-state index is -0.694. The Labute approximate surface area is 112 Å². The minimum absolute atomic E-state index is 0.0487. The molecular weight excluding hydrogens is 269 g/mol.